The van der Waals surface area contributed by atoms with E-state index < -0.39 is 0 Å². The number of fused-ring (bicyclic) bond motifs is 9. The van der Waals surface area contributed by atoms with Gasteiger partial charge in [0.2, 0.25) is 0 Å². The fraction of sp³-hybridized carbons (Fsp3) is 0.263. The van der Waals surface area contributed by atoms with Gasteiger partial charge < -0.3 is 19.8 Å². The molecule has 1 aromatic heterocycles. The van der Waals surface area contributed by atoms with E-state index in [0.717, 1.165) is 47.5 Å². The second-order valence-electron chi connectivity index (χ2n) is 12.6. The maximum Gasteiger partial charge on any atom is 0.135 e. The van der Waals surface area contributed by atoms with Crippen molar-refractivity contribution in [3.8, 4) is 11.1 Å². The van der Waals surface area contributed by atoms with E-state index in [1.165, 1.54) is 44.7 Å². The van der Waals surface area contributed by atoms with E-state index in [1.54, 1.807) is 0 Å². The maximum absolute atomic E-state index is 6.95. The van der Waals surface area contributed by atoms with Crippen LogP contribution >= 0.6 is 0 Å². The molecule has 9 rings (SSSR count). The van der Waals surface area contributed by atoms with Crippen molar-refractivity contribution in [1.29, 1.82) is 0 Å². The molecule has 3 heterocycles. The fourth-order valence-electron chi connectivity index (χ4n) is 8.48. The molecule has 42 heavy (non-hydrogen) atoms. The van der Waals surface area contributed by atoms with Crippen molar-refractivity contribution in [3.05, 3.63) is 119 Å². The van der Waals surface area contributed by atoms with Crippen LogP contribution in [0, 0.1) is 11.8 Å². The number of rotatable bonds is 2. The van der Waals surface area contributed by atoms with E-state index in [0.29, 0.717) is 11.8 Å². The molecule has 0 saturated carbocycles. The van der Waals surface area contributed by atoms with E-state index >= 15 is 0 Å². The first-order chi connectivity index (χ1) is 20.6. The van der Waals surface area contributed by atoms with Crippen molar-refractivity contribution in [3.63, 3.8) is 0 Å². The fourth-order valence-corrected chi connectivity index (χ4v) is 8.48. The third-order valence-electron chi connectivity index (χ3n) is 10.3. The van der Waals surface area contributed by atoms with E-state index in [4.69, 9.17) is 14.9 Å². The van der Waals surface area contributed by atoms with Crippen molar-refractivity contribution in [1.82, 2.24) is 0 Å². The zero-order valence-electron chi connectivity index (χ0n) is 24.0. The molecule has 0 spiro atoms. The van der Waals surface area contributed by atoms with E-state index in [1.807, 2.05) is 6.07 Å². The van der Waals surface area contributed by atoms with Crippen LogP contribution in [0.5, 0.6) is 0 Å². The Morgan fingerprint density at radius 1 is 1.02 bits per heavy atom. The highest BCUT2D eigenvalue weighted by Crippen LogP contribution is 2.60. The quantitative estimate of drug-likeness (QED) is 0.253. The van der Waals surface area contributed by atoms with Gasteiger partial charge in [-0.1, -0.05) is 67.6 Å². The van der Waals surface area contributed by atoms with Crippen LogP contribution in [-0.2, 0) is 11.2 Å². The normalized spacial score (nSPS) is 26.9. The van der Waals surface area contributed by atoms with Crippen molar-refractivity contribution >= 4 is 34.1 Å². The monoisotopic (exact) mass is 550 g/mol. The summed E-state index contributed by atoms with van der Waals surface area (Å²) in [4.78, 5) is 2.55. The van der Waals surface area contributed by atoms with Crippen molar-refractivity contribution in [2.24, 2.45) is 11.8 Å². The minimum Gasteiger partial charge on any atom is -0.489 e. The Morgan fingerprint density at radius 2 is 1.93 bits per heavy atom. The van der Waals surface area contributed by atoms with Crippen LogP contribution in [0.3, 0.4) is 0 Å². The van der Waals surface area contributed by atoms with Gasteiger partial charge in [-0.15, -0.1) is 0 Å². The highest BCUT2D eigenvalue weighted by Gasteiger charge is 2.53. The van der Waals surface area contributed by atoms with Crippen LogP contribution in [0.25, 0.3) is 28.2 Å². The average Bonchev–Trinajstić information content (AvgIpc) is 3.67. The molecule has 208 valence electrons. The van der Waals surface area contributed by atoms with E-state index in [2.05, 4.69) is 104 Å². The molecule has 5 atom stereocenters. The Morgan fingerprint density at radius 3 is 2.86 bits per heavy atom. The molecule has 3 aliphatic carbocycles. The molecular formula is C38H34N2O2. The van der Waals surface area contributed by atoms with Crippen LogP contribution in [0.1, 0.15) is 49.5 Å². The topological polar surface area (TPSA) is 51.6 Å². The van der Waals surface area contributed by atoms with Crippen molar-refractivity contribution in [2.75, 3.05) is 10.6 Å². The zero-order chi connectivity index (χ0) is 28.1. The predicted molar refractivity (Wildman–Crippen MR) is 171 cm³/mol. The molecule has 3 aromatic carbocycles. The lowest BCUT2D eigenvalue weighted by Gasteiger charge is -2.38. The summed E-state index contributed by atoms with van der Waals surface area (Å²) in [5.74, 6) is 3.12. The molecular weight excluding hydrogens is 516 g/mol. The number of benzene rings is 3. The van der Waals surface area contributed by atoms with Gasteiger partial charge in [0.15, 0.2) is 0 Å². The molecule has 5 unspecified atom stereocenters. The van der Waals surface area contributed by atoms with Gasteiger partial charge in [-0.3, -0.25) is 0 Å². The van der Waals surface area contributed by atoms with Crippen LogP contribution in [0.15, 0.2) is 106 Å². The Hall–Kier alpha value is -4.44. The lowest BCUT2D eigenvalue weighted by molar-refractivity contribution is 0.138. The summed E-state index contributed by atoms with van der Waals surface area (Å²) < 4.78 is 13.1. The predicted octanol–water partition coefficient (Wildman–Crippen LogP) is 9.07. The number of nitrogens with zero attached hydrogens (tertiary/aromatic N) is 1. The number of furan rings is 1. The summed E-state index contributed by atoms with van der Waals surface area (Å²) in [5, 5.41) is 1.21. The van der Waals surface area contributed by atoms with Gasteiger partial charge in [-0.05, 0) is 84.7 Å². The Bertz CT molecular complexity index is 1920. The van der Waals surface area contributed by atoms with Crippen molar-refractivity contribution < 1.29 is 9.15 Å². The largest absolute Gasteiger partial charge is 0.489 e. The number of nitrogen functional groups attached to an aromatic ring is 1. The number of hydrogen-bond acceptors (Lipinski definition) is 4. The van der Waals surface area contributed by atoms with Gasteiger partial charge in [0.25, 0.3) is 0 Å². The first-order valence-electron chi connectivity index (χ1n) is 15.3. The summed E-state index contributed by atoms with van der Waals surface area (Å²) in [6, 6.07) is 22.1. The number of para-hydroxylation sites is 2. The van der Waals surface area contributed by atoms with Gasteiger partial charge in [-0.25, -0.2) is 0 Å². The Kier molecular flexibility index (Phi) is 5.06. The third-order valence-corrected chi connectivity index (χ3v) is 10.3. The average molecular weight is 551 g/mol. The highest BCUT2D eigenvalue weighted by molar-refractivity contribution is 5.96. The van der Waals surface area contributed by atoms with Crippen LogP contribution in [0.4, 0.5) is 17.1 Å². The molecule has 2 N–H and O–H groups in total. The van der Waals surface area contributed by atoms with Gasteiger partial charge >= 0.3 is 0 Å². The third kappa shape index (κ3) is 3.24. The summed E-state index contributed by atoms with van der Waals surface area (Å²) in [5.41, 5.74) is 18.8. The molecule has 0 amide bonds. The molecule has 4 nitrogen and oxygen atoms in total. The molecule has 4 heteroatoms. The molecule has 5 aliphatic rings. The summed E-state index contributed by atoms with van der Waals surface area (Å²) in [6.07, 6.45) is 14.3. The summed E-state index contributed by atoms with van der Waals surface area (Å²) in [7, 11) is 0. The maximum atomic E-state index is 6.95. The summed E-state index contributed by atoms with van der Waals surface area (Å²) >= 11 is 0. The van der Waals surface area contributed by atoms with Gasteiger partial charge in [0.1, 0.15) is 23.2 Å². The highest BCUT2D eigenvalue weighted by atomic mass is 16.5. The summed E-state index contributed by atoms with van der Waals surface area (Å²) in [6.45, 7) is 4.59. The smallest absolute Gasteiger partial charge is 0.135 e. The molecule has 2 aliphatic heterocycles. The SMILES string of the molecule is CC1=CC=CC2C3=C(OC12)C1c2ccccc2N(c2c(N)cccc2-c2ccc4oc5c(c4c2)CCC=C5)C1CC3C. The van der Waals surface area contributed by atoms with Gasteiger partial charge in [0.05, 0.1) is 17.3 Å². The number of allylic oxidation sites excluding steroid dienone is 3. The minimum absolute atomic E-state index is 0.113. The van der Waals surface area contributed by atoms with Gasteiger partial charge in [-0.2, -0.15) is 0 Å². The second-order valence-corrected chi connectivity index (χ2v) is 12.6. The van der Waals surface area contributed by atoms with Crippen molar-refractivity contribution in [2.45, 2.75) is 51.2 Å². The molecule has 0 saturated heterocycles. The molecule has 0 fully saturated rings. The second kappa shape index (κ2) is 8.78. The molecule has 4 aromatic rings. The van der Waals surface area contributed by atoms with E-state index in [-0.39, 0.29) is 18.1 Å². The number of ether oxygens (including phenoxy) is 1. The number of aryl methyl sites for hydroxylation is 1. The molecule has 0 bridgehead atoms. The molecule has 0 radical (unpaired) electrons. The standard InChI is InChI=1S/C38H34N2O2/c1-21-9-7-13-27-34-22(2)19-31-35(38(34)42-37(21)27)26-11-3-5-15-30(26)40(31)36-24(12-8-14-29(36)39)23-17-18-33-28(20-23)25-10-4-6-16-32(25)41-33/h3,5-9,11-18,20,22,27,31,35,37H,4,10,19,39H2,1-2H3. The van der Waals surface area contributed by atoms with Gasteiger partial charge in [0, 0.05) is 34.2 Å². The first-order valence-corrected chi connectivity index (χ1v) is 15.3. The number of hydrogen-bond donors (Lipinski definition) is 1. The number of nitrogens with two attached hydrogens (primary N) is 1. The minimum atomic E-state index is 0.113. The van der Waals surface area contributed by atoms with Crippen LogP contribution < -0.4 is 10.6 Å². The van der Waals surface area contributed by atoms with E-state index in [9.17, 15) is 0 Å². The lowest BCUT2D eigenvalue weighted by atomic mass is 9.72. The van der Waals surface area contributed by atoms with Crippen LogP contribution in [-0.4, -0.2) is 12.1 Å². The Labute approximate surface area is 246 Å². The lowest BCUT2D eigenvalue weighted by Crippen LogP contribution is -2.37. The first kappa shape index (κ1) is 24.2. The zero-order valence-corrected chi connectivity index (χ0v) is 24.0. The van der Waals surface area contributed by atoms with Crippen LogP contribution in [0.2, 0.25) is 0 Å². The Balaban J connectivity index is 1.21. The number of anilines is 3.